The molecule has 3 nitrogen and oxygen atoms in total. The van der Waals surface area contributed by atoms with E-state index in [1.807, 2.05) is 7.05 Å². The summed E-state index contributed by atoms with van der Waals surface area (Å²) < 4.78 is 0. The minimum atomic E-state index is 0.156. The second kappa shape index (κ2) is 7.28. The van der Waals surface area contributed by atoms with Crippen LogP contribution in [0, 0.1) is 11.3 Å². The lowest BCUT2D eigenvalue weighted by Crippen LogP contribution is -2.46. The zero-order chi connectivity index (χ0) is 13.6. The zero-order valence-electron chi connectivity index (χ0n) is 12.5. The fourth-order valence-corrected chi connectivity index (χ4v) is 4.20. The third-order valence-electron chi connectivity index (χ3n) is 5.30. The van der Waals surface area contributed by atoms with Crippen LogP contribution in [0.15, 0.2) is 0 Å². The Morgan fingerprint density at radius 3 is 2.32 bits per heavy atom. The van der Waals surface area contributed by atoms with Crippen LogP contribution in [0.2, 0.25) is 0 Å². The van der Waals surface area contributed by atoms with E-state index in [9.17, 15) is 4.79 Å². The lowest BCUT2D eigenvalue weighted by atomic mass is 9.61. The first-order valence-corrected chi connectivity index (χ1v) is 8.18. The van der Waals surface area contributed by atoms with E-state index < -0.39 is 0 Å². The molecule has 0 aromatic carbocycles. The van der Waals surface area contributed by atoms with E-state index in [1.54, 1.807) is 0 Å². The Morgan fingerprint density at radius 1 is 1.05 bits per heavy atom. The van der Waals surface area contributed by atoms with Gasteiger partial charge in [-0.25, -0.2) is 0 Å². The van der Waals surface area contributed by atoms with Crippen molar-refractivity contribution in [2.75, 3.05) is 20.1 Å². The molecule has 2 N–H and O–H groups in total. The third-order valence-corrected chi connectivity index (χ3v) is 5.30. The first-order valence-electron chi connectivity index (χ1n) is 8.18. The van der Waals surface area contributed by atoms with Crippen LogP contribution < -0.4 is 10.6 Å². The maximum absolute atomic E-state index is 11.7. The van der Waals surface area contributed by atoms with Crippen LogP contribution in [0.25, 0.3) is 0 Å². The average molecular weight is 266 g/mol. The molecule has 2 aliphatic carbocycles. The molecule has 0 atom stereocenters. The number of carbonyl (C=O) groups excluding carboxylic acids is 1. The van der Waals surface area contributed by atoms with Gasteiger partial charge in [-0.1, -0.05) is 38.5 Å². The standard InChI is InChI=1S/C16H30N2O/c1-17-12-15(19)18-13-16(10-6-3-7-11-16)14-8-4-2-5-9-14/h14,17H,2-13H2,1H3,(H,18,19). The maximum Gasteiger partial charge on any atom is 0.233 e. The molecule has 0 aromatic heterocycles. The molecule has 0 heterocycles. The van der Waals surface area contributed by atoms with E-state index in [-0.39, 0.29) is 5.91 Å². The number of amides is 1. The number of likely N-dealkylation sites (N-methyl/N-ethyl adjacent to an activating group) is 1. The minimum absolute atomic E-state index is 0.156. The number of hydrogen-bond acceptors (Lipinski definition) is 2. The van der Waals surface area contributed by atoms with Crippen molar-refractivity contribution in [2.24, 2.45) is 11.3 Å². The van der Waals surface area contributed by atoms with Crippen LogP contribution in [0.5, 0.6) is 0 Å². The van der Waals surface area contributed by atoms with Crippen LogP contribution in [-0.2, 0) is 4.79 Å². The summed E-state index contributed by atoms with van der Waals surface area (Å²) in [5.74, 6) is 1.01. The van der Waals surface area contributed by atoms with Crippen molar-refractivity contribution in [3.05, 3.63) is 0 Å². The molecular formula is C16H30N2O. The van der Waals surface area contributed by atoms with Crippen molar-refractivity contribution >= 4 is 5.91 Å². The number of rotatable bonds is 5. The lowest BCUT2D eigenvalue weighted by molar-refractivity contribution is -0.121. The maximum atomic E-state index is 11.7. The SMILES string of the molecule is CNCC(=O)NCC1(C2CCCCC2)CCCCC1. The molecule has 0 radical (unpaired) electrons. The number of carbonyl (C=O) groups is 1. The van der Waals surface area contributed by atoms with Gasteiger partial charge in [-0.3, -0.25) is 4.79 Å². The highest BCUT2D eigenvalue weighted by Gasteiger charge is 2.39. The normalized spacial score (nSPS) is 24.1. The molecule has 2 rings (SSSR count). The molecule has 2 fully saturated rings. The summed E-state index contributed by atoms with van der Waals surface area (Å²) in [5, 5.41) is 6.13. The topological polar surface area (TPSA) is 41.1 Å². The van der Waals surface area contributed by atoms with Crippen LogP contribution >= 0.6 is 0 Å². The van der Waals surface area contributed by atoms with Crippen molar-refractivity contribution in [3.63, 3.8) is 0 Å². The molecule has 1 amide bonds. The van der Waals surface area contributed by atoms with E-state index in [1.165, 1.54) is 64.2 Å². The number of hydrogen-bond donors (Lipinski definition) is 2. The highest BCUT2D eigenvalue weighted by molar-refractivity contribution is 5.77. The van der Waals surface area contributed by atoms with E-state index in [0.29, 0.717) is 12.0 Å². The monoisotopic (exact) mass is 266 g/mol. The van der Waals surface area contributed by atoms with Gasteiger partial charge in [0.15, 0.2) is 0 Å². The second-order valence-electron chi connectivity index (χ2n) is 6.57. The number of nitrogens with one attached hydrogen (secondary N) is 2. The fourth-order valence-electron chi connectivity index (χ4n) is 4.20. The first-order chi connectivity index (χ1) is 9.27. The summed E-state index contributed by atoms with van der Waals surface area (Å²) in [4.78, 5) is 11.7. The highest BCUT2D eigenvalue weighted by atomic mass is 16.1. The van der Waals surface area contributed by atoms with Gasteiger partial charge in [0.05, 0.1) is 6.54 Å². The second-order valence-corrected chi connectivity index (χ2v) is 6.57. The summed E-state index contributed by atoms with van der Waals surface area (Å²) in [5.41, 5.74) is 0.419. The summed E-state index contributed by atoms with van der Waals surface area (Å²) in [6.45, 7) is 1.36. The van der Waals surface area contributed by atoms with Gasteiger partial charge in [-0.05, 0) is 44.1 Å². The van der Waals surface area contributed by atoms with Gasteiger partial charge in [0.1, 0.15) is 0 Å². The molecule has 110 valence electrons. The van der Waals surface area contributed by atoms with Crippen LogP contribution in [0.4, 0.5) is 0 Å². The van der Waals surface area contributed by atoms with Crippen LogP contribution in [-0.4, -0.2) is 26.0 Å². The van der Waals surface area contributed by atoms with E-state index in [0.717, 1.165) is 12.5 Å². The summed E-state index contributed by atoms with van der Waals surface area (Å²) >= 11 is 0. The zero-order valence-corrected chi connectivity index (χ0v) is 12.5. The van der Waals surface area contributed by atoms with Gasteiger partial charge >= 0.3 is 0 Å². The van der Waals surface area contributed by atoms with E-state index in [2.05, 4.69) is 10.6 Å². The predicted octanol–water partition coefficient (Wildman–Crippen LogP) is 2.85. The highest BCUT2D eigenvalue weighted by Crippen LogP contribution is 2.47. The Balaban J connectivity index is 1.95. The smallest absolute Gasteiger partial charge is 0.233 e. The lowest BCUT2D eigenvalue weighted by Gasteiger charge is -2.45. The van der Waals surface area contributed by atoms with Gasteiger partial charge in [0.2, 0.25) is 5.91 Å². The molecule has 0 aromatic rings. The largest absolute Gasteiger partial charge is 0.354 e. The van der Waals surface area contributed by atoms with E-state index in [4.69, 9.17) is 0 Å². The fraction of sp³-hybridized carbons (Fsp3) is 0.938. The van der Waals surface area contributed by atoms with E-state index >= 15 is 0 Å². The molecule has 0 bridgehead atoms. The Hall–Kier alpha value is -0.570. The van der Waals surface area contributed by atoms with Crippen molar-refractivity contribution in [1.82, 2.24) is 10.6 Å². The Bertz CT molecular complexity index is 278. The molecule has 3 heteroatoms. The Labute approximate surface area is 117 Å². The van der Waals surface area contributed by atoms with Gasteiger partial charge in [0.25, 0.3) is 0 Å². The quantitative estimate of drug-likeness (QED) is 0.803. The molecule has 0 unspecified atom stereocenters. The first kappa shape index (κ1) is 14.8. The minimum Gasteiger partial charge on any atom is -0.354 e. The van der Waals surface area contributed by atoms with Gasteiger partial charge in [-0.15, -0.1) is 0 Å². The molecule has 2 aliphatic rings. The predicted molar refractivity (Wildman–Crippen MR) is 79.0 cm³/mol. The van der Waals surface area contributed by atoms with Crippen molar-refractivity contribution in [3.8, 4) is 0 Å². The summed E-state index contributed by atoms with van der Waals surface area (Å²) in [6, 6.07) is 0. The van der Waals surface area contributed by atoms with Crippen LogP contribution in [0.3, 0.4) is 0 Å². The third kappa shape index (κ3) is 3.95. The van der Waals surface area contributed by atoms with Gasteiger partial charge < -0.3 is 10.6 Å². The van der Waals surface area contributed by atoms with Crippen molar-refractivity contribution in [2.45, 2.75) is 64.2 Å². The van der Waals surface area contributed by atoms with Crippen LogP contribution in [0.1, 0.15) is 64.2 Å². The molecule has 0 aliphatic heterocycles. The molecular weight excluding hydrogens is 236 g/mol. The molecule has 0 saturated heterocycles. The molecule has 0 spiro atoms. The summed E-state index contributed by atoms with van der Waals surface area (Å²) in [6.07, 6.45) is 13.8. The van der Waals surface area contributed by atoms with Crippen molar-refractivity contribution in [1.29, 1.82) is 0 Å². The Morgan fingerprint density at radius 2 is 1.68 bits per heavy atom. The van der Waals surface area contributed by atoms with Gasteiger partial charge in [0, 0.05) is 6.54 Å². The average Bonchev–Trinajstić information content (AvgIpc) is 2.47. The summed E-state index contributed by atoms with van der Waals surface area (Å²) in [7, 11) is 1.83. The van der Waals surface area contributed by atoms with Gasteiger partial charge in [-0.2, -0.15) is 0 Å². The molecule has 19 heavy (non-hydrogen) atoms. The molecule has 2 saturated carbocycles. The van der Waals surface area contributed by atoms with Crippen molar-refractivity contribution < 1.29 is 4.79 Å². The Kier molecular flexibility index (Phi) is 5.68.